The van der Waals surface area contributed by atoms with E-state index in [-0.39, 0.29) is 5.41 Å². The Balaban J connectivity index is 2.93. The second kappa shape index (κ2) is 4.56. The van der Waals surface area contributed by atoms with E-state index < -0.39 is 5.60 Å². The highest BCUT2D eigenvalue weighted by Crippen LogP contribution is 2.34. The maximum absolute atomic E-state index is 10.5. The highest BCUT2D eigenvalue weighted by atomic mass is 16.3. The van der Waals surface area contributed by atoms with Crippen molar-refractivity contribution in [3.05, 3.63) is 40.6 Å². The maximum Gasteiger partial charge on any atom is 0.0847 e. The van der Waals surface area contributed by atoms with E-state index in [1.165, 1.54) is 11.1 Å². The number of nitrogens with zero attached hydrogens (tertiary/aromatic N) is 1. The van der Waals surface area contributed by atoms with Gasteiger partial charge in [-0.05, 0) is 56.5 Å². The highest BCUT2D eigenvalue weighted by molar-refractivity contribution is 5.87. The van der Waals surface area contributed by atoms with Crippen molar-refractivity contribution in [2.45, 2.75) is 59.5 Å². The lowest BCUT2D eigenvalue weighted by Crippen LogP contribution is -2.21. The van der Waals surface area contributed by atoms with E-state index in [1.807, 2.05) is 13.8 Å². The fourth-order valence-corrected chi connectivity index (χ4v) is 2.62. The van der Waals surface area contributed by atoms with Crippen LogP contribution < -0.4 is 0 Å². The number of hydrogen-bond acceptors (Lipinski definition) is 2. The zero-order chi connectivity index (χ0) is 15.3. The minimum atomic E-state index is -0.874. The fourth-order valence-electron chi connectivity index (χ4n) is 2.62. The lowest BCUT2D eigenvalue weighted by molar-refractivity contribution is 0.0799. The molecule has 0 aliphatic rings. The summed E-state index contributed by atoms with van der Waals surface area (Å²) >= 11 is 0. The second-order valence-electron chi connectivity index (χ2n) is 7.34. The van der Waals surface area contributed by atoms with Crippen LogP contribution in [0.3, 0.4) is 0 Å². The monoisotopic (exact) mass is 271 g/mol. The average Bonchev–Trinajstić information content (AvgIpc) is 2.24. The molecule has 0 spiro atoms. The Kier molecular flexibility index (Phi) is 3.42. The van der Waals surface area contributed by atoms with Crippen molar-refractivity contribution < 1.29 is 5.11 Å². The molecule has 1 N–H and O–H groups in total. The Morgan fingerprint density at radius 1 is 0.950 bits per heavy atom. The predicted octanol–water partition coefficient (Wildman–Crippen LogP) is 4.38. The molecule has 2 aromatic rings. The van der Waals surface area contributed by atoms with Gasteiger partial charge in [0.1, 0.15) is 0 Å². The van der Waals surface area contributed by atoms with Gasteiger partial charge >= 0.3 is 0 Å². The van der Waals surface area contributed by atoms with Crippen LogP contribution in [-0.2, 0) is 11.0 Å². The normalized spacial score (nSPS) is 13.0. The molecule has 1 aromatic heterocycles. The molecule has 0 saturated heterocycles. The van der Waals surface area contributed by atoms with E-state index in [9.17, 15) is 5.11 Å². The van der Waals surface area contributed by atoms with Gasteiger partial charge in [-0.3, -0.25) is 4.98 Å². The Hall–Kier alpha value is -1.41. The van der Waals surface area contributed by atoms with Crippen molar-refractivity contribution >= 4 is 10.9 Å². The van der Waals surface area contributed by atoms with Gasteiger partial charge in [0.05, 0.1) is 11.1 Å². The van der Waals surface area contributed by atoms with Crippen molar-refractivity contribution in [1.82, 2.24) is 4.98 Å². The Bertz CT molecular complexity index is 658. The van der Waals surface area contributed by atoms with Crippen molar-refractivity contribution in [1.29, 1.82) is 0 Å². The van der Waals surface area contributed by atoms with Crippen LogP contribution in [0.1, 0.15) is 57.0 Å². The third kappa shape index (κ3) is 2.71. The smallest absolute Gasteiger partial charge is 0.0847 e. The van der Waals surface area contributed by atoms with Gasteiger partial charge in [-0.15, -0.1) is 0 Å². The fraction of sp³-hybridized carbons (Fsp3) is 0.500. The van der Waals surface area contributed by atoms with E-state index in [2.05, 4.69) is 52.8 Å². The summed E-state index contributed by atoms with van der Waals surface area (Å²) in [6.07, 6.45) is 0. The van der Waals surface area contributed by atoms with Gasteiger partial charge in [0.2, 0.25) is 0 Å². The second-order valence-corrected chi connectivity index (χ2v) is 7.34. The van der Waals surface area contributed by atoms with E-state index in [0.29, 0.717) is 0 Å². The molecule has 0 amide bonds. The zero-order valence-electron chi connectivity index (χ0n) is 13.6. The molecule has 108 valence electrons. The number of aromatic nitrogens is 1. The number of pyridine rings is 1. The molecule has 0 unspecified atom stereocenters. The summed E-state index contributed by atoms with van der Waals surface area (Å²) in [6, 6.07) is 6.31. The van der Waals surface area contributed by atoms with Crippen LogP contribution in [0.15, 0.2) is 18.2 Å². The number of aliphatic hydroxyl groups is 1. The summed E-state index contributed by atoms with van der Waals surface area (Å²) in [5.74, 6) is 0. The molecule has 2 heteroatoms. The lowest BCUT2D eigenvalue weighted by Gasteiger charge is -2.26. The van der Waals surface area contributed by atoms with Crippen LogP contribution in [0.4, 0.5) is 0 Å². The van der Waals surface area contributed by atoms with Crippen LogP contribution in [0, 0.1) is 13.8 Å². The van der Waals surface area contributed by atoms with Crippen molar-refractivity contribution in [2.24, 2.45) is 0 Å². The van der Waals surface area contributed by atoms with Gasteiger partial charge in [0.25, 0.3) is 0 Å². The molecule has 0 aliphatic carbocycles. The molecule has 2 nitrogen and oxygen atoms in total. The molecule has 0 bridgehead atoms. The number of aryl methyl sites for hydroxylation is 2. The lowest BCUT2D eigenvalue weighted by atomic mass is 9.85. The number of rotatable bonds is 1. The first kappa shape index (κ1) is 15.0. The van der Waals surface area contributed by atoms with Gasteiger partial charge in [-0.1, -0.05) is 26.8 Å². The van der Waals surface area contributed by atoms with Gasteiger partial charge in [-0.25, -0.2) is 0 Å². The summed E-state index contributed by atoms with van der Waals surface area (Å²) in [4.78, 5) is 4.83. The van der Waals surface area contributed by atoms with Crippen molar-refractivity contribution in [3.8, 4) is 0 Å². The quantitative estimate of drug-likeness (QED) is 0.835. The number of hydrogen-bond donors (Lipinski definition) is 1. The van der Waals surface area contributed by atoms with Crippen molar-refractivity contribution in [3.63, 3.8) is 0 Å². The largest absolute Gasteiger partial charge is 0.386 e. The van der Waals surface area contributed by atoms with Crippen molar-refractivity contribution in [2.75, 3.05) is 0 Å². The SMILES string of the molecule is Cc1cc(C)c2c(C(C)(C)O)cc(C(C)(C)C)nc2c1. The number of fused-ring (bicyclic) bond motifs is 1. The molecule has 0 atom stereocenters. The molecule has 1 aromatic carbocycles. The molecule has 1 heterocycles. The molecule has 2 rings (SSSR count). The molecular formula is C18H25NO. The Morgan fingerprint density at radius 2 is 1.55 bits per heavy atom. The van der Waals surface area contributed by atoms with E-state index in [0.717, 1.165) is 22.2 Å². The average molecular weight is 271 g/mol. The van der Waals surface area contributed by atoms with Crippen LogP contribution in [-0.4, -0.2) is 10.1 Å². The third-order valence-electron chi connectivity index (χ3n) is 3.68. The number of benzene rings is 1. The van der Waals surface area contributed by atoms with Crippen LogP contribution in [0.25, 0.3) is 10.9 Å². The summed E-state index contributed by atoms with van der Waals surface area (Å²) in [5, 5.41) is 11.6. The first-order valence-corrected chi connectivity index (χ1v) is 7.15. The van der Waals surface area contributed by atoms with Gasteiger partial charge in [-0.2, -0.15) is 0 Å². The van der Waals surface area contributed by atoms with Gasteiger partial charge in [0, 0.05) is 16.5 Å². The van der Waals surface area contributed by atoms with Crippen LogP contribution >= 0.6 is 0 Å². The summed E-state index contributed by atoms with van der Waals surface area (Å²) in [6.45, 7) is 14.3. The maximum atomic E-state index is 10.5. The standard InChI is InChI=1S/C18H25NO/c1-11-8-12(2)16-13(18(6,7)20)10-15(17(3,4)5)19-14(16)9-11/h8-10,20H,1-7H3. The predicted molar refractivity (Wildman–Crippen MR) is 85.2 cm³/mol. The van der Waals surface area contributed by atoms with E-state index in [4.69, 9.17) is 4.98 Å². The molecule has 0 saturated carbocycles. The zero-order valence-corrected chi connectivity index (χ0v) is 13.6. The first-order valence-electron chi connectivity index (χ1n) is 7.15. The molecule has 20 heavy (non-hydrogen) atoms. The third-order valence-corrected chi connectivity index (χ3v) is 3.68. The minimum Gasteiger partial charge on any atom is -0.386 e. The van der Waals surface area contributed by atoms with Gasteiger partial charge < -0.3 is 5.11 Å². The highest BCUT2D eigenvalue weighted by Gasteiger charge is 2.25. The van der Waals surface area contributed by atoms with Crippen LogP contribution in [0.5, 0.6) is 0 Å². The summed E-state index contributed by atoms with van der Waals surface area (Å²) in [7, 11) is 0. The molecular weight excluding hydrogens is 246 g/mol. The first-order chi connectivity index (χ1) is 9.00. The Morgan fingerprint density at radius 3 is 2.05 bits per heavy atom. The summed E-state index contributed by atoms with van der Waals surface area (Å²) < 4.78 is 0. The molecule has 0 fully saturated rings. The molecule has 0 radical (unpaired) electrons. The minimum absolute atomic E-state index is 0.0359. The van der Waals surface area contributed by atoms with E-state index >= 15 is 0 Å². The Labute approximate surface area is 121 Å². The van der Waals surface area contributed by atoms with E-state index in [1.54, 1.807) is 0 Å². The topological polar surface area (TPSA) is 33.1 Å². The summed E-state index contributed by atoms with van der Waals surface area (Å²) in [5.41, 5.74) is 4.43. The van der Waals surface area contributed by atoms with Gasteiger partial charge in [0.15, 0.2) is 0 Å². The van der Waals surface area contributed by atoms with Crippen LogP contribution in [0.2, 0.25) is 0 Å². The molecule has 0 aliphatic heterocycles.